The van der Waals surface area contributed by atoms with E-state index < -0.39 is 0 Å². The van der Waals surface area contributed by atoms with Crippen molar-refractivity contribution < 1.29 is 9.47 Å². The van der Waals surface area contributed by atoms with Gasteiger partial charge in [-0.15, -0.1) is 24.0 Å². The van der Waals surface area contributed by atoms with Gasteiger partial charge >= 0.3 is 0 Å². The minimum atomic E-state index is 0. The smallest absolute Gasteiger partial charge is 0.190 e. The van der Waals surface area contributed by atoms with Crippen molar-refractivity contribution >= 4 is 29.9 Å². The maximum absolute atomic E-state index is 5.68. The van der Waals surface area contributed by atoms with Gasteiger partial charge in [0.25, 0.3) is 0 Å². The predicted octanol–water partition coefficient (Wildman–Crippen LogP) is 2.76. The fraction of sp³-hybridized carbons (Fsp3) is 0.632. The summed E-state index contributed by atoms with van der Waals surface area (Å²) in [6.07, 6.45) is 1.98. The number of rotatable bonds is 11. The first kappa shape index (κ1) is 24.8. The van der Waals surface area contributed by atoms with Crippen LogP contribution in [0.4, 0.5) is 0 Å². The molecule has 6 nitrogen and oxygen atoms in total. The summed E-state index contributed by atoms with van der Waals surface area (Å²) in [5.74, 6) is 2.46. The van der Waals surface area contributed by atoms with Crippen LogP contribution in [0.25, 0.3) is 0 Å². The maximum atomic E-state index is 5.68. The van der Waals surface area contributed by atoms with Crippen LogP contribution in [0.2, 0.25) is 0 Å². The van der Waals surface area contributed by atoms with Crippen LogP contribution in [-0.2, 0) is 6.42 Å². The third-order valence-corrected chi connectivity index (χ3v) is 3.61. The highest BCUT2D eigenvalue weighted by molar-refractivity contribution is 14.0. The molecule has 1 rings (SSSR count). The van der Waals surface area contributed by atoms with Crippen molar-refractivity contribution in [1.29, 1.82) is 0 Å². The van der Waals surface area contributed by atoms with E-state index in [1.807, 2.05) is 19.9 Å². The second-order valence-corrected chi connectivity index (χ2v) is 5.98. The fourth-order valence-electron chi connectivity index (χ4n) is 2.40. The van der Waals surface area contributed by atoms with E-state index in [2.05, 4.69) is 46.8 Å². The molecule has 0 saturated heterocycles. The van der Waals surface area contributed by atoms with E-state index in [4.69, 9.17) is 9.47 Å². The topological polar surface area (TPSA) is 58.1 Å². The third kappa shape index (κ3) is 10.1. The molecule has 1 aromatic rings. The molecule has 0 bridgehead atoms. The average molecular weight is 478 g/mol. The molecule has 0 aliphatic carbocycles. The number of guanidine groups is 1. The van der Waals surface area contributed by atoms with Gasteiger partial charge in [-0.25, -0.2) is 0 Å². The highest BCUT2D eigenvalue weighted by atomic mass is 127. The Morgan fingerprint density at radius 3 is 2.31 bits per heavy atom. The van der Waals surface area contributed by atoms with Gasteiger partial charge in [0.1, 0.15) is 0 Å². The number of hydrogen-bond donors (Lipinski definition) is 2. The second-order valence-electron chi connectivity index (χ2n) is 5.98. The first-order valence-corrected chi connectivity index (χ1v) is 9.08. The third-order valence-electron chi connectivity index (χ3n) is 3.61. The Morgan fingerprint density at radius 1 is 1.04 bits per heavy atom. The molecule has 26 heavy (non-hydrogen) atoms. The van der Waals surface area contributed by atoms with Crippen LogP contribution in [0.5, 0.6) is 11.5 Å². The predicted molar refractivity (Wildman–Crippen MR) is 120 cm³/mol. The minimum absolute atomic E-state index is 0. The lowest BCUT2D eigenvalue weighted by atomic mass is 10.1. The number of benzene rings is 1. The summed E-state index contributed by atoms with van der Waals surface area (Å²) < 4.78 is 11.3. The lowest BCUT2D eigenvalue weighted by Gasteiger charge is -2.14. The monoisotopic (exact) mass is 478 g/mol. The van der Waals surface area contributed by atoms with Crippen molar-refractivity contribution in [3.8, 4) is 11.5 Å². The Bertz CT molecular complexity index is 524. The van der Waals surface area contributed by atoms with Crippen molar-refractivity contribution in [1.82, 2.24) is 15.5 Å². The Balaban J connectivity index is 0.00000625. The van der Waals surface area contributed by atoms with Gasteiger partial charge in [0.05, 0.1) is 13.2 Å². The second kappa shape index (κ2) is 14.9. The molecular weight excluding hydrogens is 443 g/mol. The van der Waals surface area contributed by atoms with Crippen LogP contribution in [0.3, 0.4) is 0 Å². The highest BCUT2D eigenvalue weighted by Crippen LogP contribution is 2.28. The molecule has 1 aromatic carbocycles. The van der Waals surface area contributed by atoms with Gasteiger partial charge in [-0.3, -0.25) is 4.99 Å². The van der Waals surface area contributed by atoms with E-state index in [9.17, 15) is 0 Å². The quantitative estimate of drug-likeness (QED) is 0.222. The SMILES string of the molecule is CCOc1ccc(CCNC(=NC)NCCCN(C)C)cc1OCC.I. The summed E-state index contributed by atoms with van der Waals surface area (Å²) in [5.41, 5.74) is 1.21. The van der Waals surface area contributed by atoms with Gasteiger partial charge in [0, 0.05) is 20.1 Å². The molecule has 0 saturated carbocycles. The number of nitrogens with zero attached hydrogens (tertiary/aromatic N) is 2. The molecule has 0 atom stereocenters. The molecule has 2 N–H and O–H groups in total. The number of halogens is 1. The molecule has 0 unspecified atom stereocenters. The maximum Gasteiger partial charge on any atom is 0.190 e. The molecule has 0 radical (unpaired) electrons. The summed E-state index contributed by atoms with van der Waals surface area (Å²) >= 11 is 0. The van der Waals surface area contributed by atoms with Crippen LogP contribution in [0.1, 0.15) is 25.8 Å². The van der Waals surface area contributed by atoms with Crippen LogP contribution in [0, 0.1) is 0 Å². The Labute approximate surface area is 175 Å². The Hall–Kier alpha value is -1.22. The zero-order valence-electron chi connectivity index (χ0n) is 16.8. The molecule has 150 valence electrons. The molecule has 0 aromatic heterocycles. The van der Waals surface area contributed by atoms with Crippen molar-refractivity contribution in [2.24, 2.45) is 4.99 Å². The van der Waals surface area contributed by atoms with E-state index in [1.54, 1.807) is 7.05 Å². The minimum Gasteiger partial charge on any atom is -0.490 e. The van der Waals surface area contributed by atoms with Crippen molar-refractivity contribution in [3.05, 3.63) is 23.8 Å². The van der Waals surface area contributed by atoms with Gasteiger partial charge in [0.2, 0.25) is 0 Å². The van der Waals surface area contributed by atoms with Gasteiger partial charge in [-0.1, -0.05) is 6.07 Å². The molecule has 0 aliphatic heterocycles. The van der Waals surface area contributed by atoms with E-state index in [0.717, 1.165) is 49.9 Å². The molecule has 0 heterocycles. The summed E-state index contributed by atoms with van der Waals surface area (Å²) in [7, 11) is 5.96. The Morgan fingerprint density at radius 2 is 1.69 bits per heavy atom. The van der Waals surface area contributed by atoms with Crippen molar-refractivity contribution in [3.63, 3.8) is 0 Å². The number of ether oxygens (including phenoxy) is 2. The fourth-order valence-corrected chi connectivity index (χ4v) is 2.40. The molecule has 0 aliphatic rings. The van der Waals surface area contributed by atoms with Crippen LogP contribution in [0.15, 0.2) is 23.2 Å². The van der Waals surface area contributed by atoms with Gasteiger partial charge in [-0.2, -0.15) is 0 Å². The Kier molecular flexibility index (Phi) is 14.2. The highest BCUT2D eigenvalue weighted by Gasteiger charge is 2.06. The number of aliphatic imine (C=N–C) groups is 1. The zero-order chi connectivity index (χ0) is 18.5. The zero-order valence-corrected chi connectivity index (χ0v) is 19.1. The van der Waals surface area contributed by atoms with E-state index in [1.165, 1.54) is 5.56 Å². The van der Waals surface area contributed by atoms with Crippen molar-refractivity contribution in [2.75, 3.05) is 54.0 Å². The number of nitrogens with one attached hydrogen (secondary N) is 2. The van der Waals surface area contributed by atoms with Gasteiger partial charge in [0.15, 0.2) is 17.5 Å². The largest absolute Gasteiger partial charge is 0.490 e. The van der Waals surface area contributed by atoms with E-state index in [0.29, 0.717) is 13.2 Å². The lowest BCUT2D eigenvalue weighted by molar-refractivity contribution is 0.287. The molecular formula is C19H35IN4O2. The molecule has 0 spiro atoms. The summed E-state index contributed by atoms with van der Waals surface area (Å²) in [4.78, 5) is 6.44. The summed E-state index contributed by atoms with van der Waals surface area (Å²) in [5, 5.41) is 6.69. The van der Waals surface area contributed by atoms with Gasteiger partial charge in [-0.05, 0) is 65.0 Å². The molecule has 0 fully saturated rings. The standard InChI is InChI=1S/C19H34N4O2.HI/c1-6-24-17-10-9-16(15-18(17)25-7-2)11-13-22-19(20-3)21-12-8-14-23(4)5;/h9-10,15H,6-8,11-14H2,1-5H3,(H2,20,21,22);1H. The molecule has 7 heteroatoms. The van der Waals surface area contributed by atoms with Gasteiger partial charge < -0.3 is 25.0 Å². The molecule has 0 amide bonds. The van der Waals surface area contributed by atoms with Crippen LogP contribution < -0.4 is 20.1 Å². The summed E-state index contributed by atoms with van der Waals surface area (Å²) in [6, 6.07) is 6.13. The normalized spacial score (nSPS) is 11.1. The van der Waals surface area contributed by atoms with Crippen LogP contribution in [-0.4, -0.2) is 64.9 Å². The van der Waals surface area contributed by atoms with E-state index in [-0.39, 0.29) is 24.0 Å². The van der Waals surface area contributed by atoms with Crippen LogP contribution >= 0.6 is 24.0 Å². The average Bonchev–Trinajstić information content (AvgIpc) is 2.59. The lowest BCUT2D eigenvalue weighted by Crippen LogP contribution is -2.39. The number of hydrogen-bond acceptors (Lipinski definition) is 4. The first-order chi connectivity index (χ1) is 12.1. The summed E-state index contributed by atoms with van der Waals surface area (Å²) in [6.45, 7) is 8.02. The first-order valence-electron chi connectivity index (χ1n) is 9.08. The van der Waals surface area contributed by atoms with Crippen molar-refractivity contribution in [2.45, 2.75) is 26.7 Å². The van der Waals surface area contributed by atoms with E-state index >= 15 is 0 Å².